The molecule has 6 heteroatoms. The minimum atomic E-state index is 0.152. The second kappa shape index (κ2) is 6.54. The third kappa shape index (κ3) is 2.86. The van der Waals surface area contributed by atoms with Crippen molar-refractivity contribution in [3.05, 3.63) is 44.4 Å². The Bertz CT molecular complexity index is 673. The van der Waals surface area contributed by atoms with Crippen LogP contribution in [0.1, 0.15) is 27.9 Å². The van der Waals surface area contributed by atoms with Gasteiger partial charge in [-0.25, -0.2) is 4.98 Å². The van der Waals surface area contributed by atoms with E-state index in [2.05, 4.69) is 15.3 Å². The van der Waals surface area contributed by atoms with Crippen LogP contribution in [-0.4, -0.2) is 30.1 Å². The number of benzene rings is 1. The van der Waals surface area contributed by atoms with Crippen molar-refractivity contribution in [2.24, 2.45) is 5.73 Å². The first-order chi connectivity index (χ1) is 10.6. The highest BCUT2D eigenvalue weighted by molar-refractivity contribution is 7.09. The van der Waals surface area contributed by atoms with E-state index < -0.39 is 0 Å². The predicted molar refractivity (Wildman–Crippen MR) is 90.8 cm³/mol. The molecule has 1 aliphatic heterocycles. The zero-order valence-electron chi connectivity index (χ0n) is 12.8. The van der Waals surface area contributed by atoms with E-state index in [9.17, 15) is 0 Å². The molecule has 0 amide bonds. The summed E-state index contributed by atoms with van der Waals surface area (Å²) in [7, 11) is 1.70. The van der Waals surface area contributed by atoms with Crippen LogP contribution in [0.3, 0.4) is 0 Å². The monoisotopic (exact) mass is 337 g/mol. The number of hydrogen-bond donors (Lipinski definition) is 1. The Morgan fingerprint density at radius 2 is 2.32 bits per heavy atom. The van der Waals surface area contributed by atoms with E-state index in [0.717, 1.165) is 41.5 Å². The van der Waals surface area contributed by atoms with Crippen LogP contribution in [0.4, 0.5) is 0 Å². The third-order valence-corrected chi connectivity index (χ3v) is 5.47. The zero-order valence-corrected chi connectivity index (χ0v) is 14.4. The molecule has 4 nitrogen and oxygen atoms in total. The van der Waals surface area contributed by atoms with Crippen LogP contribution in [-0.2, 0) is 13.0 Å². The maximum Gasteiger partial charge on any atom is 0.123 e. The molecule has 0 bridgehead atoms. The summed E-state index contributed by atoms with van der Waals surface area (Å²) < 4.78 is 5.48. The molecule has 3 rings (SSSR count). The van der Waals surface area contributed by atoms with Gasteiger partial charge in [0, 0.05) is 53.8 Å². The lowest BCUT2D eigenvalue weighted by atomic mass is 10.0. The van der Waals surface area contributed by atoms with Crippen molar-refractivity contribution in [1.29, 1.82) is 0 Å². The molecule has 1 aliphatic rings. The van der Waals surface area contributed by atoms with E-state index in [1.165, 1.54) is 10.6 Å². The third-order valence-electron chi connectivity index (χ3n) is 4.12. The number of halogens is 1. The molecule has 0 saturated carbocycles. The minimum Gasteiger partial charge on any atom is -0.496 e. The number of rotatable bonds is 5. The normalized spacial score (nSPS) is 17.7. The lowest BCUT2D eigenvalue weighted by Gasteiger charge is -2.23. The van der Waals surface area contributed by atoms with Crippen molar-refractivity contribution in [3.8, 4) is 5.75 Å². The summed E-state index contributed by atoms with van der Waals surface area (Å²) in [5.41, 5.74) is 9.40. The van der Waals surface area contributed by atoms with Crippen LogP contribution in [0.2, 0.25) is 5.02 Å². The van der Waals surface area contributed by atoms with Gasteiger partial charge in [0.05, 0.1) is 12.1 Å². The van der Waals surface area contributed by atoms with Crippen LogP contribution >= 0.6 is 22.9 Å². The predicted octanol–water partition coefficient (Wildman–Crippen LogP) is 3.17. The van der Waals surface area contributed by atoms with Crippen molar-refractivity contribution in [2.45, 2.75) is 25.9 Å². The highest BCUT2D eigenvalue weighted by Gasteiger charge is 2.33. The Morgan fingerprint density at radius 3 is 2.95 bits per heavy atom. The highest BCUT2D eigenvalue weighted by atomic mass is 35.5. The van der Waals surface area contributed by atoms with Crippen molar-refractivity contribution in [3.63, 3.8) is 0 Å². The average molecular weight is 338 g/mol. The number of methoxy groups -OCH3 is 1. The number of nitrogens with zero attached hydrogens (tertiary/aromatic N) is 2. The number of hydrogen-bond acceptors (Lipinski definition) is 5. The second-order valence-electron chi connectivity index (χ2n) is 5.50. The quantitative estimate of drug-likeness (QED) is 0.910. The number of ether oxygens (including phenoxy) is 1. The summed E-state index contributed by atoms with van der Waals surface area (Å²) in [5.74, 6) is 0.894. The van der Waals surface area contributed by atoms with Gasteiger partial charge in [-0.1, -0.05) is 11.6 Å². The molecule has 2 N–H and O–H groups in total. The van der Waals surface area contributed by atoms with Crippen LogP contribution in [0.5, 0.6) is 5.75 Å². The molecule has 1 aromatic heterocycles. The molecule has 1 unspecified atom stereocenters. The Kier molecular flexibility index (Phi) is 4.68. The maximum atomic E-state index is 6.41. The van der Waals surface area contributed by atoms with Gasteiger partial charge in [-0.15, -0.1) is 11.3 Å². The Hall–Kier alpha value is -1.14. The molecular formula is C16H20ClN3OS. The fourth-order valence-electron chi connectivity index (χ4n) is 3.09. The van der Waals surface area contributed by atoms with Gasteiger partial charge in [0.25, 0.3) is 0 Å². The molecule has 0 aliphatic carbocycles. The van der Waals surface area contributed by atoms with Gasteiger partial charge in [0.2, 0.25) is 0 Å². The van der Waals surface area contributed by atoms with Crippen molar-refractivity contribution < 1.29 is 4.74 Å². The minimum absolute atomic E-state index is 0.152. The Balaban J connectivity index is 1.81. The smallest absolute Gasteiger partial charge is 0.123 e. The zero-order chi connectivity index (χ0) is 15.7. The topological polar surface area (TPSA) is 51.4 Å². The van der Waals surface area contributed by atoms with E-state index in [1.54, 1.807) is 18.4 Å². The molecule has 0 radical (unpaired) electrons. The summed E-state index contributed by atoms with van der Waals surface area (Å²) in [6.45, 7) is 4.32. The number of fused-ring (bicyclic) bond motifs is 1. The van der Waals surface area contributed by atoms with Gasteiger partial charge in [-0.05, 0) is 24.6 Å². The molecule has 22 heavy (non-hydrogen) atoms. The van der Waals surface area contributed by atoms with Crippen LogP contribution in [0.25, 0.3) is 0 Å². The number of nitrogens with two attached hydrogens (primary N) is 1. The molecule has 0 saturated heterocycles. The maximum absolute atomic E-state index is 6.41. The summed E-state index contributed by atoms with van der Waals surface area (Å²) in [6.07, 6.45) is 0.933. The molecule has 1 aromatic carbocycles. The molecule has 0 fully saturated rings. The first-order valence-corrected chi connectivity index (χ1v) is 8.60. The first-order valence-electron chi connectivity index (χ1n) is 7.34. The highest BCUT2D eigenvalue weighted by Crippen LogP contribution is 2.42. The largest absolute Gasteiger partial charge is 0.496 e. The van der Waals surface area contributed by atoms with Crippen molar-refractivity contribution in [2.75, 3.05) is 20.2 Å². The van der Waals surface area contributed by atoms with Crippen LogP contribution in [0, 0.1) is 6.92 Å². The summed E-state index contributed by atoms with van der Waals surface area (Å²) in [5, 5.41) is 4.04. The summed E-state index contributed by atoms with van der Waals surface area (Å²) in [4.78, 5) is 6.90. The second-order valence-corrected chi connectivity index (χ2v) is 6.85. The molecule has 1 atom stereocenters. The molecule has 0 spiro atoms. The molecule has 2 aromatic rings. The van der Waals surface area contributed by atoms with E-state index in [4.69, 9.17) is 22.1 Å². The fraction of sp³-hybridized carbons (Fsp3) is 0.438. The number of thiazole rings is 1. The van der Waals surface area contributed by atoms with Gasteiger partial charge in [0.1, 0.15) is 5.75 Å². The van der Waals surface area contributed by atoms with Crippen LogP contribution in [0.15, 0.2) is 17.5 Å². The SMILES string of the molecule is COc1ccc(Cl)c2c1CN(CCc1nc(C)cs1)C2CN. The Morgan fingerprint density at radius 1 is 1.50 bits per heavy atom. The van der Waals surface area contributed by atoms with E-state index in [0.29, 0.717) is 6.54 Å². The molecule has 118 valence electrons. The fourth-order valence-corrected chi connectivity index (χ4v) is 4.15. The van der Waals surface area contributed by atoms with E-state index >= 15 is 0 Å². The first kappa shape index (κ1) is 15.7. The van der Waals surface area contributed by atoms with Crippen molar-refractivity contribution >= 4 is 22.9 Å². The molecule has 2 heterocycles. The Labute approximate surface area is 139 Å². The van der Waals surface area contributed by atoms with E-state index in [-0.39, 0.29) is 6.04 Å². The average Bonchev–Trinajstić information content (AvgIpc) is 3.09. The van der Waals surface area contributed by atoms with Gasteiger partial charge < -0.3 is 10.5 Å². The number of aryl methyl sites for hydroxylation is 1. The van der Waals surface area contributed by atoms with Crippen LogP contribution < -0.4 is 10.5 Å². The molecular weight excluding hydrogens is 318 g/mol. The van der Waals surface area contributed by atoms with Gasteiger partial charge in [-0.2, -0.15) is 0 Å². The van der Waals surface area contributed by atoms with Gasteiger partial charge >= 0.3 is 0 Å². The lowest BCUT2D eigenvalue weighted by Crippen LogP contribution is -2.29. The van der Waals surface area contributed by atoms with E-state index in [1.807, 2.05) is 19.1 Å². The lowest BCUT2D eigenvalue weighted by molar-refractivity contribution is 0.221. The summed E-state index contributed by atoms with van der Waals surface area (Å²) >= 11 is 8.13. The summed E-state index contributed by atoms with van der Waals surface area (Å²) in [6, 6.07) is 3.98. The number of aromatic nitrogens is 1. The van der Waals surface area contributed by atoms with Crippen molar-refractivity contribution in [1.82, 2.24) is 9.88 Å². The van der Waals surface area contributed by atoms with Gasteiger partial charge in [0.15, 0.2) is 0 Å². The van der Waals surface area contributed by atoms with Gasteiger partial charge in [-0.3, -0.25) is 4.90 Å². The standard InChI is InChI=1S/C16H20ClN3OS/c1-10-9-22-15(19-10)5-6-20-8-11-14(21-2)4-3-12(17)16(11)13(20)7-18/h3-4,9,13H,5-8,18H2,1-2H3.